The number of hydrogen-bond donors (Lipinski definition) is 0. The van der Waals surface area contributed by atoms with Gasteiger partial charge >= 0.3 is 37.1 Å². The van der Waals surface area contributed by atoms with Crippen molar-refractivity contribution < 1.29 is 37.1 Å². The molecule has 0 fully saturated rings. The maximum Gasteiger partial charge on any atom is 2.00 e. The molecule has 308 valence electrons. The van der Waals surface area contributed by atoms with E-state index in [1.54, 1.807) is 24.6 Å². The topological polar surface area (TPSA) is 90.6 Å². The van der Waals surface area contributed by atoms with Gasteiger partial charge in [0.05, 0.1) is 35.2 Å². The minimum atomic E-state index is 0. The van der Waals surface area contributed by atoms with Crippen LogP contribution in [0.3, 0.4) is 0 Å². The summed E-state index contributed by atoms with van der Waals surface area (Å²) in [5, 5.41) is 13.0. The van der Waals surface area contributed by atoms with Crippen LogP contribution in [0.1, 0.15) is 93.2 Å². The predicted octanol–water partition coefficient (Wildman–Crippen LogP) is 12.6. The zero-order valence-corrected chi connectivity index (χ0v) is 34.5. The van der Waals surface area contributed by atoms with Crippen molar-refractivity contribution in [1.29, 1.82) is 0 Å². The summed E-state index contributed by atoms with van der Waals surface area (Å²) in [6, 6.07) is 33.5. The van der Waals surface area contributed by atoms with Crippen molar-refractivity contribution in [3.8, 4) is 11.3 Å². The molecule has 6 heterocycles. The molecule has 0 atom stereocenters. The molecule has 0 N–H and O–H groups in total. The van der Waals surface area contributed by atoms with Crippen LogP contribution < -0.4 is 0 Å². The number of aryl methyl sites for hydroxylation is 5. The van der Waals surface area contributed by atoms with Crippen molar-refractivity contribution in [3.63, 3.8) is 0 Å². The quantitative estimate of drug-likeness (QED) is 0.153. The summed E-state index contributed by atoms with van der Waals surface area (Å²) in [6.07, 6.45) is 7.22. The number of imidazole rings is 3. The molecule has 0 bridgehead atoms. The molecule has 0 aliphatic heterocycles. The first-order valence-corrected chi connectivity index (χ1v) is 16.5. The number of nitrogens with zero attached hydrogens (tertiary/aromatic N) is 9. The van der Waals surface area contributed by atoms with Gasteiger partial charge in [-0.3, -0.25) is 0 Å². The average molecular weight is 850 g/mol. The molecular formula is C46H69N9V2. The van der Waals surface area contributed by atoms with Gasteiger partial charge in [-0.15, -0.1) is 5.56 Å². The van der Waals surface area contributed by atoms with Crippen molar-refractivity contribution >= 4 is 16.9 Å². The molecule has 0 aliphatic rings. The molecule has 0 amide bonds. The average Bonchev–Trinajstić information content (AvgIpc) is 3.90. The molecule has 9 nitrogen and oxygen atoms in total. The predicted molar refractivity (Wildman–Crippen MR) is 239 cm³/mol. The standard InChI is InChI=1S/C13H10N3.C8H9N3.C7H7N3.C7H7.C2H6.2C2H5.5CH4.2V/c1-10-9-14-13-8-7-12(15-16(10)13)11-5-3-2-4-6-11;1-6-3-4-8-9-5-7(2)11(8)10-6;1-6-2-3-7-8-4-5-10(7)9-6;1-7-5-3-2-4-6-7;3*1-2;;;;;;;/h2-3,5-9H,1H3;3-5H,1-2H3;2-5H,1H3;2-3,5-6H,1H3;1-2H3;2*1H2,2H3;5*1H4;;/q-1;;;-1;;2*-1;;;;;;2*+2. The summed E-state index contributed by atoms with van der Waals surface area (Å²) in [4.78, 5) is 12.5. The monoisotopic (exact) mass is 849 g/mol. The van der Waals surface area contributed by atoms with Crippen LogP contribution in [0.2, 0.25) is 0 Å². The van der Waals surface area contributed by atoms with E-state index in [1.165, 1.54) is 5.56 Å². The van der Waals surface area contributed by atoms with Crippen LogP contribution in [0.15, 0.2) is 110 Å². The molecule has 0 saturated carbocycles. The van der Waals surface area contributed by atoms with E-state index in [9.17, 15) is 0 Å². The molecular weight excluding hydrogens is 780 g/mol. The number of rotatable bonds is 1. The molecule has 0 saturated heterocycles. The molecule has 2 radical (unpaired) electrons. The van der Waals surface area contributed by atoms with E-state index >= 15 is 0 Å². The summed E-state index contributed by atoms with van der Waals surface area (Å²) < 4.78 is 5.45. The maximum absolute atomic E-state index is 4.54. The Morgan fingerprint density at radius 1 is 0.526 bits per heavy atom. The van der Waals surface area contributed by atoms with Gasteiger partial charge in [0.2, 0.25) is 0 Å². The number of fused-ring (bicyclic) bond motifs is 3. The Balaban J connectivity index is -0.000000144. The van der Waals surface area contributed by atoms with E-state index < -0.39 is 0 Å². The van der Waals surface area contributed by atoms with Crippen LogP contribution in [-0.4, -0.2) is 43.8 Å². The fourth-order valence-corrected chi connectivity index (χ4v) is 4.17. The van der Waals surface area contributed by atoms with E-state index in [4.69, 9.17) is 0 Å². The van der Waals surface area contributed by atoms with Gasteiger partial charge in [0.1, 0.15) is 0 Å². The molecule has 8 rings (SSSR count). The number of hydrogen-bond acceptors (Lipinski definition) is 6. The van der Waals surface area contributed by atoms with E-state index in [2.05, 4.69) is 69.2 Å². The fourth-order valence-electron chi connectivity index (χ4n) is 4.17. The summed E-state index contributed by atoms with van der Waals surface area (Å²) in [7, 11) is 0. The Morgan fingerprint density at radius 2 is 1.00 bits per heavy atom. The van der Waals surface area contributed by atoms with Gasteiger partial charge in [-0.05, 0) is 64.1 Å². The van der Waals surface area contributed by atoms with Crippen LogP contribution in [0.4, 0.5) is 0 Å². The molecule has 6 aromatic heterocycles. The SMILES string of the molecule is C.C.C.C.C.CC.Cc1c[c-]ccc1.Cc1ccc2ncc(C)n2n1.Cc1ccc2nccn2n1.Cc1cnc2ccc(-c3c[c-]ccc3)nn12.[CH2-]C.[CH2-]C.[V+2].[V+2]. The minimum Gasteiger partial charge on any atom is -0.346 e. The maximum atomic E-state index is 4.54. The molecule has 8 aromatic rings. The molecule has 11 heteroatoms. The van der Waals surface area contributed by atoms with Crippen LogP contribution in [-0.2, 0) is 37.1 Å². The van der Waals surface area contributed by atoms with Crippen molar-refractivity contribution in [2.45, 2.75) is 99.4 Å². The third kappa shape index (κ3) is 20.5. The first-order valence-electron chi connectivity index (χ1n) is 16.5. The summed E-state index contributed by atoms with van der Waals surface area (Å²) in [5.74, 6) is 0. The third-order valence-electron chi connectivity index (χ3n) is 6.45. The molecule has 57 heavy (non-hydrogen) atoms. The van der Waals surface area contributed by atoms with Gasteiger partial charge in [0.15, 0.2) is 16.9 Å². The second-order valence-corrected chi connectivity index (χ2v) is 10.1. The van der Waals surface area contributed by atoms with Crippen molar-refractivity contribution in [1.82, 2.24) is 43.8 Å². The Hall–Kier alpha value is -4.53. The van der Waals surface area contributed by atoms with E-state index in [-0.39, 0.29) is 74.2 Å². The third-order valence-corrected chi connectivity index (χ3v) is 6.45. The van der Waals surface area contributed by atoms with E-state index in [0.29, 0.717) is 0 Å². The van der Waals surface area contributed by atoms with E-state index in [0.717, 1.165) is 51.0 Å². The second-order valence-electron chi connectivity index (χ2n) is 10.1. The smallest absolute Gasteiger partial charge is 0.346 e. The van der Waals surface area contributed by atoms with Gasteiger partial charge in [-0.2, -0.15) is 95.4 Å². The summed E-state index contributed by atoms with van der Waals surface area (Å²) >= 11 is 0. The Kier molecular flexibility index (Phi) is 40.5. The van der Waals surface area contributed by atoms with Crippen LogP contribution in [0, 0.1) is 60.6 Å². The molecule has 0 spiro atoms. The van der Waals surface area contributed by atoms with Gasteiger partial charge < -0.3 is 13.8 Å². The Morgan fingerprint density at radius 3 is 1.47 bits per heavy atom. The van der Waals surface area contributed by atoms with Crippen LogP contribution in [0.5, 0.6) is 0 Å². The summed E-state index contributed by atoms with van der Waals surface area (Å²) in [6.45, 7) is 24.0. The van der Waals surface area contributed by atoms with Gasteiger partial charge in [0, 0.05) is 18.1 Å². The summed E-state index contributed by atoms with van der Waals surface area (Å²) in [5.41, 5.74) is 10.1. The zero-order valence-electron chi connectivity index (χ0n) is 31.7. The van der Waals surface area contributed by atoms with Crippen molar-refractivity contribution in [2.75, 3.05) is 0 Å². The minimum absolute atomic E-state index is 0. The normalized spacial score (nSPS) is 8.33. The molecule has 0 unspecified atom stereocenters. The van der Waals surface area contributed by atoms with Gasteiger partial charge in [-0.1, -0.05) is 57.9 Å². The van der Waals surface area contributed by atoms with Crippen LogP contribution >= 0.6 is 0 Å². The van der Waals surface area contributed by atoms with E-state index in [1.807, 2.05) is 148 Å². The fraction of sp³-hybridized carbons (Fsp3) is 0.304. The molecule has 0 aliphatic carbocycles. The molecule has 2 aromatic carbocycles. The first-order chi connectivity index (χ1) is 24.4. The van der Waals surface area contributed by atoms with Crippen molar-refractivity contribution in [2.24, 2.45) is 0 Å². The largest absolute Gasteiger partial charge is 2.00 e. The Labute approximate surface area is 370 Å². The Bertz CT molecular complexity index is 2090. The zero-order chi connectivity index (χ0) is 36.9. The van der Waals surface area contributed by atoms with Crippen LogP contribution in [0.25, 0.3) is 28.2 Å². The van der Waals surface area contributed by atoms with Gasteiger partial charge in [0.25, 0.3) is 0 Å². The number of aromatic nitrogens is 9. The van der Waals surface area contributed by atoms with Gasteiger partial charge in [-0.25, -0.2) is 28.5 Å². The first kappa shape index (κ1) is 64.4. The second kappa shape index (κ2) is 35.9. The van der Waals surface area contributed by atoms with Crippen molar-refractivity contribution in [3.05, 3.63) is 164 Å². The number of benzene rings is 2.